The van der Waals surface area contributed by atoms with E-state index in [2.05, 4.69) is 20.5 Å². The van der Waals surface area contributed by atoms with Crippen LogP contribution in [0.3, 0.4) is 0 Å². The molecule has 16 heteroatoms. The first-order valence-corrected chi connectivity index (χ1v) is 11.0. The Morgan fingerprint density at radius 3 is 2.24 bits per heavy atom. The van der Waals surface area contributed by atoms with E-state index >= 15 is 0 Å². The number of methoxy groups -OCH3 is 1. The van der Waals surface area contributed by atoms with E-state index in [1.165, 1.54) is 0 Å². The number of hydrogen-bond donors (Lipinski definition) is 4. The van der Waals surface area contributed by atoms with Crippen LogP contribution >= 0.6 is 0 Å². The molecule has 1 aromatic heterocycles. The number of carbonyl (C=O) groups excluding carboxylic acids is 2. The second-order valence-corrected chi connectivity index (χ2v) is 8.70. The first-order valence-electron chi connectivity index (χ1n) is 11.0. The highest BCUT2D eigenvalue weighted by molar-refractivity contribution is 5.86. The van der Waals surface area contributed by atoms with Gasteiger partial charge in [0.05, 0.1) is 24.3 Å². The number of carbonyl (C=O) groups is 2. The smallest absolute Gasteiger partial charge is 0.407 e. The summed E-state index contributed by atoms with van der Waals surface area (Å²) in [5.41, 5.74) is -3.30. The number of nitrogens with one attached hydrogen (secondary N) is 3. The largest absolute Gasteiger partial charge is 0.453 e. The maximum atomic E-state index is 14.5. The molecule has 4 N–H and O–H groups in total. The van der Waals surface area contributed by atoms with Crippen LogP contribution in [-0.4, -0.2) is 65.4 Å². The van der Waals surface area contributed by atoms with Gasteiger partial charge in [0.15, 0.2) is 0 Å². The summed E-state index contributed by atoms with van der Waals surface area (Å²) in [7, 11) is 0.903. The summed E-state index contributed by atoms with van der Waals surface area (Å²) in [5, 5.41) is 20.0. The molecule has 0 fully saturated rings. The first kappa shape index (κ1) is 30.8. The average molecular weight is 557 g/mol. The molecule has 0 bridgehead atoms. The minimum atomic E-state index is -4.89. The monoisotopic (exact) mass is 557 g/mol. The summed E-state index contributed by atoms with van der Waals surface area (Å²) < 4.78 is 99.1. The van der Waals surface area contributed by atoms with Gasteiger partial charge in [-0.15, -0.1) is 0 Å². The molecule has 1 unspecified atom stereocenters. The highest BCUT2D eigenvalue weighted by atomic mass is 19.4. The van der Waals surface area contributed by atoms with Gasteiger partial charge in [-0.2, -0.15) is 27.1 Å². The third-order valence-electron chi connectivity index (χ3n) is 5.60. The van der Waals surface area contributed by atoms with Gasteiger partial charge in [0.25, 0.3) is 0 Å². The Morgan fingerprint density at radius 1 is 1.13 bits per heavy atom. The molecule has 2 amide bonds. The zero-order chi connectivity index (χ0) is 28.8. The van der Waals surface area contributed by atoms with E-state index in [0.717, 1.165) is 31.5 Å². The van der Waals surface area contributed by atoms with E-state index in [9.17, 15) is 45.4 Å². The first-order chi connectivity index (χ1) is 17.6. The maximum absolute atomic E-state index is 14.5. The zero-order valence-corrected chi connectivity index (χ0v) is 20.4. The summed E-state index contributed by atoms with van der Waals surface area (Å²) >= 11 is 0. The number of aliphatic hydroxyl groups excluding tert-OH is 1. The van der Waals surface area contributed by atoms with E-state index < -0.39 is 72.6 Å². The van der Waals surface area contributed by atoms with Crippen LogP contribution in [0.5, 0.6) is 0 Å². The minimum absolute atomic E-state index is 0.0807. The number of alkyl carbamates (subject to hydrolysis) is 1. The highest BCUT2D eigenvalue weighted by Gasteiger charge is 2.55. The van der Waals surface area contributed by atoms with Gasteiger partial charge in [-0.05, 0) is 32.0 Å². The van der Waals surface area contributed by atoms with Crippen LogP contribution in [0.2, 0.25) is 0 Å². The van der Waals surface area contributed by atoms with Gasteiger partial charge in [0, 0.05) is 37.0 Å². The molecule has 1 heterocycles. The standard InChI is InChI=1S/C22H26F7N5O4/c1-21(2,22(27,28)29)17(32-20(37)38-3)18(36)31-9-12(35)8-30-10-13-14(23)6-11(7-15(13)24)16-4-5-34(33-16)19(25)26/h4-7,12,17,19,30,35H,8-10H2,1-3H3,(H,31,36)(H,32,37)/t12-,17?/m0/s1. The normalized spacial score (nSPS) is 13.8. The molecule has 0 saturated carbocycles. The molecule has 0 aliphatic carbocycles. The number of nitrogens with zero attached hydrogens (tertiary/aromatic N) is 2. The number of ether oxygens (including phenoxy) is 1. The fourth-order valence-corrected chi connectivity index (χ4v) is 3.19. The third-order valence-corrected chi connectivity index (χ3v) is 5.60. The van der Waals surface area contributed by atoms with Crippen molar-refractivity contribution in [3.63, 3.8) is 0 Å². The van der Waals surface area contributed by atoms with Crippen LogP contribution in [0.4, 0.5) is 35.5 Å². The second kappa shape index (κ2) is 12.4. The predicted octanol–water partition coefficient (Wildman–Crippen LogP) is 3.10. The molecule has 0 radical (unpaired) electrons. The molecule has 1 aromatic carbocycles. The lowest BCUT2D eigenvalue weighted by Gasteiger charge is -2.35. The van der Waals surface area contributed by atoms with Crippen molar-refractivity contribution in [3.05, 3.63) is 41.6 Å². The number of aromatic nitrogens is 2. The van der Waals surface area contributed by atoms with Gasteiger partial charge in [0.2, 0.25) is 5.91 Å². The summed E-state index contributed by atoms with van der Waals surface area (Å²) in [6.07, 6.45) is -6.61. The van der Waals surface area contributed by atoms with Crippen molar-refractivity contribution in [2.45, 2.75) is 45.3 Å². The lowest BCUT2D eigenvalue weighted by Crippen LogP contribution is -2.60. The summed E-state index contributed by atoms with van der Waals surface area (Å²) in [6.45, 7) is -2.85. The molecular formula is C22H26F7N5O4. The van der Waals surface area contributed by atoms with Gasteiger partial charge in [0.1, 0.15) is 17.7 Å². The van der Waals surface area contributed by atoms with Crippen molar-refractivity contribution in [2.24, 2.45) is 5.41 Å². The van der Waals surface area contributed by atoms with Gasteiger partial charge >= 0.3 is 18.8 Å². The fraction of sp³-hybridized carbons (Fsp3) is 0.500. The Bertz CT molecular complexity index is 1100. The Hall–Kier alpha value is -3.40. The average Bonchev–Trinajstić information content (AvgIpc) is 3.32. The Labute approximate surface area is 212 Å². The quantitative estimate of drug-likeness (QED) is 0.316. The van der Waals surface area contributed by atoms with E-state index in [-0.39, 0.29) is 17.8 Å². The SMILES string of the molecule is COC(=O)NC(C(=O)NC[C@@H](O)CNCc1c(F)cc(-c2ccn(C(F)F)n2)cc1F)C(C)(C)C(F)(F)F. The summed E-state index contributed by atoms with van der Waals surface area (Å²) in [4.78, 5) is 23.9. The van der Waals surface area contributed by atoms with Gasteiger partial charge < -0.3 is 25.8 Å². The molecule has 38 heavy (non-hydrogen) atoms. The lowest BCUT2D eigenvalue weighted by atomic mass is 9.83. The molecule has 0 aliphatic rings. The molecule has 212 valence electrons. The number of alkyl halides is 5. The van der Waals surface area contributed by atoms with E-state index in [0.29, 0.717) is 18.5 Å². The molecule has 2 rings (SSSR count). The Morgan fingerprint density at radius 2 is 1.74 bits per heavy atom. The minimum Gasteiger partial charge on any atom is -0.453 e. The van der Waals surface area contributed by atoms with Crippen LogP contribution in [0.25, 0.3) is 11.3 Å². The van der Waals surface area contributed by atoms with Crippen LogP contribution in [0.1, 0.15) is 26.0 Å². The summed E-state index contributed by atoms with van der Waals surface area (Å²) in [6, 6.07) is 0.852. The van der Waals surface area contributed by atoms with Crippen LogP contribution < -0.4 is 16.0 Å². The van der Waals surface area contributed by atoms with E-state index in [4.69, 9.17) is 0 Å². The number of hydrogen-bond acceptors (Lipinski definition) is 6. The zero-order valence-electron chi connectivity index (χ0n) is 20.4. The van der Waals surface area contributed by atoms with E-state index in [1.54, 1.807) is 0 Å². The van der Waals surface area contributed by atoms with Crippen LogP contribution in [0, 0.1) is 17.0 Å². The number of rotatable bonds is 11. The Kier molecular flexibility index (Phi) is 10.1. The number of amides is 2. The van der Waals surface area contributed by atoms with Crippen molar-refractivity contribution < 1.29 is 50.2 Å². The van der Waals surface area contributed by atoms with Crippen molar-refractivity contribution >= 4 is 12.0 Å². The maximum Gasteiger partial charge on any atom is 0.407 e. The predicted molar refractivity (Wildman–Crippen MR) is 119 cm³/mol. The van der Waals surface area contributed by atoms with Crippen LogP contribution in [0.15, 0.2) is 24.4 Å². The van der Waals surface area contributed by atoms with Crippen molar-refractivity contribution in [3.8, 4) is 11.3 Å². The fourth-order valence-electron chi connectivity index (χ4n) is 3.19. The second-order valence-electron chi connectivity index (χ2n) is 8.70. The van der Waals surface area contributed by atoms with Gasteiger partial charge in [-0.3, -0.25) is 4.79 Å². The topological polar surface area (TPSA) is 118 Å². The van der Waals surface area contributed by atoms with Crippen molar-refractivity contribution in [1.82, 2.24) is 25.7 Å². The third kappa shape index (κ3) is 7.56. The molecule has 2 aromatic rings. The van der Waals surface area contributed by atoms with Crippen LogP contribution in [-0.2, 0) is 16.1 Å². The van der Waals surface area contributed by atoms with Crippen molar-refractivity contribution in [2.75, 3.05) is 20.2 Å². The lowest BCUT2D eigenvalue weighted by molar-refractivity contribution is -0.220. The number of aliphatic hydroxyl groups is 1. The molecular weight excluding hydrogens is 531 g/mol. The van der Waals surface area contributed by atoms with Gasteiger partial charge in [-0.1, -0.05) is 0 Å². The highest BCUT2D eigenvalue weighted by Crippen LogP contribution is 2.40. The molecule has 0 saturated heterocycles. The van der Waals surface area contributed by atoms with Crippen molar-refractivity contribution in [1.29, 1.82) is 0 Å². The Balaban J connectivity index is 1.96. The molecule has 9 nitrogen and oxygen atoms in total. The summed E-state index contributed by atoms with van der Waals surface area (Å²) in [5.74, 6) is -3.29. The molecule has 0 aliphatic heterocycles. The molecule has 0 spiro atoms. The van der Waals surface area contributed by atoms with E-state index in [1.807, 2.05) is 5.32 Å². The number of benzene rings is 1. The van der Waals surface area contributed by atoms with Gasteiger partial charge in [-0.25, -0.2) is 18.3 Å². The molecule has 2 atom stereocenters. The number of halogens is 7.